The summed E-state index contributed by atoms with van der Waals surface area (Å²) in [5.41, 5.74) is 0. The zero-order chi connectivity index (χ0) is 5.45. The first-order valence-corrected chi connectivity index (χ1v) is 9.67. The topological polar surface area (TPSA) is 0 Å². The van der Waals surface area contributed by atoms with E-state index in [0.29, 0.717) is 0 Å². The second kappa shape index (κ2) is 1.86. The summed E-state index contributed by atoms with van der Waals surface area (Å²) in [5, 5.41) is 0. The summed E-state index contributed by atoms with van der Waals surface area (Å²) in [7, 11) is 0. The fraction of sp³-hybridized carbons (Fsp3) is 1.00. The van der Waals surface area contributed by atoms with Crippen LogP contribution in [0.4, 0.5) is 0 Å². The zero-order valence-corrected chi connectivity index (χ0v) is 7.49. The molecular formula is C7H14I-. The summed E-state index contributed by atoms with van der Waals surface area (Å²) in [6, 6.07) is 0. The second-order valence-electron chi connectivity index (χ2n) is 2.95. The number of hydrogen-bond donors (Lipinski definition) is 0. The summed E-state index contributed by atoms with van der Waals surface area (Å²) in [6.07, 6.45) is 4.78. The van der Waals surface area contributed by atoms with Crippen molar-refractivity contribution in [3.63, 3.8) is 0 Å². The van der Waals surface area contributed by atoms with Crippen molar-refractivity contribution in [3.8, 4) is 0 Å². The van der Waals surface area contributed by atoms with Gasteiger partial charge in [0.2, 0.25) is 0 Å². The molecule has 2 heterocycles. The Morgan fingerprint density at radius 2 is 1.25 bits per heavy atom. The molecule has 0 saturated carbocycles. The third-order valence-corrected chi connectivity index (χ3v) is 12.5. The van der Waals surface area contributed by atoms with Gasteiger partial charge in [0.05, 0.1) is 0 Å². The summed E-state index contributed by atoms with van der Waals surface area (Å²) >= 11 is -0.716. The average Bonchev–Trinajstić information content (AvgIpc) is 2.52. The third-order valence-electron chi connectivity index (χ3n) is 2.29. The van der Waals surface area contributed by atoms with Gasteiger partial charge in [-0.3, -0.25) is 0 Å². The first kappa shape index (κ1) is 5.51. The molecule has 2 fully saturated rings. The van der Waals surface area contributed by atoms with Gasteiger partial charge in [0.25, 0.3) is 0 Å². The van der Waals surface area contributed by atoms with Gasteiger partial charge in [-0.05, 0) is 0 Å². The molecule has 0 atom stereocenters. The molecule has 0 N–H and O–H groups in total. The van der Waals surface area contributed by atoms with Gasteiger partial charge in [-0.25, -0.2) is 0 Å². The van der Waals surface area contributed by atoms with E-state index in [1.54, 1.807) is 37.0 Å². The molecular weight excluding hydrogens is 211 g/mol. The molecule has 0 radical (unpaired) electrons. The molecule has 0 nitrogen and oxygen atoms in total. The number of alkyl halides is 4. The fourth-order valence-electron chi connectivity index (χ4n) is 1.51. The van der Waals surface area contributed by atoms with Gasteiger partial charge in [-0.1, -0.05) is 0 Å². The SMILES string of the molecule is C1CC[I-]2(CC1)CC2. The van der Waals surface area contributed by atoms with Crippen molar-refractivity contribution in [2.45, 2.75) is 19.3 Å². The number of halogens is 1. The van der Waals surface area contributed by atoms with E-state index >= 15 is 0 Å². The Bertz CT molecular complexity index is 86.6. The van der Waals surface area contributed by atoms with Crippen LogP contribution in [0.2, 0.25) is 0 Å². The van der Waals surface area contributed by atoms with E-state index in [1.165, 1.54) is 0 Å². The maximum atomic E-state index is 1.74. The molecule has 0 aromatic heterocycles. The predicted molar refractivity (Wildman–Crippen MR) is 33.3 cm³/mol. The number of rotatable bonds is 0. The van der Waals surface area contributed by atoms with Gasteiger partial charge in [-0.2, -0.15) is 0 Å². The summed E-state index contributed by atoms with van der Waals surface area (Å²) in [4.78, 5) is 0. The monoisotopic (exact) mass is 225 g/mol. The van der Waals surface area contributed by atoms with Crippen LogP contribution in [0.25, 0.3) is 0 Å². The maximum absolute atomic E-state index is 1.74. The van der Waals surface area contributed by atoms with E-state index in [9.17, 15) is 0 Å². The van der Waals surface area contributed by atoms with Gasteiger partial charge >= 0.3 is 55.4 Å². The predicted octanol–water partition coefficient (Wildman–Crippen LogP) is -1.66. The fourth-order valence-corrected chi connectivity index (χ4v) is 13.0. The van der Waals surface area contributed by atoms with Crippen molar-refractivity contribution < 1.29 is 18.4 Å². The van der Waals surface area contributed by atoms with Crippen LogP contribution in [0.15, 0.2) is 0 Å². The van der Waals surface area contributed by atoms with Crippen LogP contribution in [-0.2, 0) is 0 Å². The van der Waals surface area contributed by atoms with Crippen LogP contribution in [0.3, 0.4) is 0 Å². The molecule has 0 unspecified atom stereocenters. The van der Waals surface area contributed by atoms with Gasteiger partial charge < -0.3 is 0 Å². The van der Waals surface area contributed by atoms with Crippen molar-refractivity contribution >= 4 is 0 Å². The first-order chi connectivity index (χ1) is 3.91. The molecule has 1 spiro atoms. The van der Waals surface area contributed by atoms with Gasteiger partial charge in [0, 0.05) is 0 Å². The van der Waals surface area contributed by atoms with Crippen LogP contribution in [0, 0.1) is 0 Å². The third kappa shape index (κ3) is 0.893. The summed E-state index contributed by atoms with van der Waals surface area (Å²) in [6.45, 7) is 0. The first-order valence-electron chi connectivity index (χ1n) is 3.57. The Balaban J connectivity index is 1.95. The van der Waals surface area contributed by atoms with E-state index in [1.807, 2.05) is 0 Å². The van der Waals surface area contributed by atoms with E-state index in [4.69, 9.17) is 0 Å². The Hall–Kier alpha value is 0.730. The minimum absolute atomic E-state index is 0.716. The Morgan fingerprint density at radius 3 is 1.62 bits per heavy atom. The van der Waals surface area contributed by atoms with Crippen molar-refractivity contribution in [3.05, 3.63) is 0 Å². The van der Waals surface area contributed by atoms with Crippen molar-refractivity contribution in [1.82, 2.24) is 0 Å². The van der Waals surface area contributed by atoms with Crippen LogP contribution < -0.4 is 18.4 Å². The van der Waals surface area contributed by atoms with E-state index in [0.717, 1.165) is 0 Å². The van der Waals surface area contributed by atoms with E-state index in [2.05, 4.69) is 0 Å². The van der Waals surface area contributed by atoms with Crippen LogP contribution in [0.1, 0.15) is 19.3 Å². The molecule has 50 valence electrons. The van der Waals surface area contributed by atoms with Crippen molar-refractivity contribution in [1.29, 1.82) is 0 Å². The van der Waals surface area contributed by atoms with Gasteiger partial charge in [-0.15, -0.1) is 0 Å². The average molecular weight is 225 g/mol. The molecule has 0 amide bonds. The summed E-state index contributed by atoms with van der Waals surface area (Å²) < 4.78 is 6.97. The standard InChI is InChI=1S/C7H14I/c1-2-4-8(5-3-1)6-7-8/h1-7H2/q-1. The van der Waals surface area contributed by atoms with Crippen molar-refractivity contribution in [2.24, 2.45) is 0 Å². The normalized spacial score (nSPS) is 37.0. The molecule has 0 aliphatic carbocycles. The van der Waals surface area contributed by atoms with Gasteiger partial charge in [0.1, 0.15) is 0 Å². The van der Waals surface area contributed by atoms with Crippen LogP contribution in [-0.4, -0.2) is 17.7 Å². The molecule has 0 aromatic rings. The molecule has 1 heteroatoms. The molecule has 8 heavy (non-hydrogen) atoms. The number of hydrogen-bond acceptors (Lipinski definition) is 0. The second-order valence-corrected chi connectivity index (χ2v) is 13.7. The van der Waals surface area contributed by atoms with Crippen LogP contribution in [0.5, 0.6) is 0 Å². The van der Waals surface area contributed by atoms with Crippen LogP contribution >= 0.6 is 0 Å². The zero-order valence-electron chi connectivity index (χ0n) is 5.33. The quantitative estimate of drug-likeness (QED) is 0.342. The molecule has 2 aliphatic heterocycles. The summed E-state index contributed by atoms with van der Waals surface area (Å²) in [5.74, 6) is 0. The van der Waals surface area contributed by atoms with Crippen molar-refractivity contribution in [2.75, 3.05) is 17.7 Å². The minimum atomic E-state index is -0.716. The molecule has 2 saturated heterocycles. The molecule has 2 rings (SSSR count). The Kier molecular flexibility index (Phi) is 1.28. The van der Waals surface area contributed by atoms with E-state index in [-0.39, 0.29) is 0 Å². The van der Waals surface area contributed by atoms with E-state index < -0.39 is 18.4 Å². The Morgan fingerprint density at radius 1 is 0.625 bits per heavy atom. The Labute approximate surface area is 55.6 Å². The molecule has 0 bridgehead atoms. The van der Waals surface area contributed by atoms with Gasteiger partial charge in [0.15, 0.2) is 0 Å². The molecule has 0 aromatic carbocycles. The molecule has 2 aliphatic rings.